The van der Waals surface area contributed by atoms with Crippen LogP contribution in [0.5, 0.6) is 5.75 Å². The van der Waals surface area contributed by atoms with Gasteiger partial charge in [-0.1, -0.05) is 19.4 Å². The zero-order chi connectivity index (χ0) is 13.5. The Morgan fingerprint density at radius 3 is 2.89 bits per heavy atom. The molecule has 0 atom stereocenters. The summed E-state index contributed by atoms with van der Waals surface area (Å²) in [7, 11) is 0. The maximum atomic E-state index is 8.84. The molecular weight excluding hydrogens is 236 g/mol. The first-order chi connectivity index (χ1) is 9.33. The van der Waals surface area contributed by atoms with Crippen molar-refractivity contribution in [3.8, 4) is 11.8 Å². The van der Waals surface area contributed by atoms with E-state index in [4.69, 9.17) is 10.00 Å². The van der Waals surface area contributed by atoms with Crippen LogP contribution in [0.25, 0.3) is 0 Å². The highest BCUT2D eigenvalue weighted by atomic mass is 16.5. The summed E-state index contributed by atoms with van der Waals surface area (Å²) in [5.41, 5.74) is 0.655. The summed E-state index contributed by atoms with van der Waals surface area (Å²) in [5.74, 6) is 0.797. The summed E-state index contributed by atoms with van der Waals surface area (Å²) in [6.07, 6.45) is 5.19. The molecule has 0 N–H and O–H groups in total. The summed E-state index contributed by atoms with van der Waals surface area (Å²) in [6, 6.07) is 10.3. The van der Waals surface area contributed by atoms with E-state index in [0.29, 0.717) is 12.2 Å². The monoisotopic (exact) mass is 258 g/mol. The molecule has 19 heavy (non-hydrogen) atoms. The van der Waals surface area contributed by atoms with E-state index in [9.17, 15) is 0 Å². The molecule has 3 nitrogen and oxygen atoms in total. The van der Waals surface area contributed by atoms with E-state index >= 15 is 0 Å². The first kappa shape index (κ1) is 13.9. The minimum atomic E-state index is 0.655. The van der Waals surface area contributed by atoms with Crippen molar-refractivity contribution in [3.63, 3.8) is 0 Å². The largest absolute Gasteiger partial charge is 0.492 e. The molecule has 0 saturated heterocycles. The highest BCUT2D eigenvalue weighted by molar-refractivity contribution is 5.36. The van der Waals surface area contributed by atoms with Crippen LogP contribution in [0.3, 0.4) is 0 Å². The molecule has 0 radical (unpaired) electrons. The molecule has 0 bridgehead atoms. The molecule has 0 spiro atoms. The van der Waals surface area contributed by atoms with Gasteiger partial charge >= 0.3 is 0 Å². The Balaban J connectivity index is 1.76. The molecule has 0 aliphatic heterocycles. The second-order valence-corrected chi connectivity index (χ2v) is 5.11. The van der Waals surface area contributed by atoms with Crippen LogP contribution in [0.4, 0.5) is 0 Å². The second kappa shape index (κ2) is 7.16. The summed E-state index contributed by atoms with van der Waals surface area (Å²) in [6.45, 7) is 5.11. The van der Waals surface area contributed by atoms with Gasteiger partial charge in [0, 0.05) is 12.6 Å². The number of hydrogen-bond donors (Lipinski definition) is 0. The van der Waals surface area contributed by atoms with Gasteiger partial charge in [-0.2, -0.15) is 5.26 Å². The van der Waals surface area contributed by atoms with Crippen molar-refractivity contribution in [2.24, 2.45) is 0 Å². The van der Waals surface area contributed by atoms with Gasteiger partial charge in [0.1, 0.15) is 12.4 Å². The summed E-state index contributed by atoms with van der Waals surface area (Å²) < 4.78 is 5.74. The SMILES string of the molecule is CCCCN(CCOc1cccc(C#N)c1)C1CC1. The lowest BCUT2D eigenvalue weighted by atomic mass is 10.2. The highest BCUT2D eigenvalue weighted by Gasteiger charge is 2.27. The van der Waals surface area contributed by atoms with Crippen LogP contribution in [0, 0.1) is 11.3 Å². The molecule has 1 aliphatic rings. The third kappa shape index (κ3) is 4.57. The summed E-state index contributed by atoms with van der Waals surface area (Å²) >= 11 is 0. The van der Waals surface area contributed by atoms with Gasteiger partial charge in [0.05, 0.1) is 11.6 Å². The fraction of sp³-hybridized carbons (Fsp3) is 0.562. The van der Waals surface area contributed by atoms with Crippen LogP contribution in [-0.4, -0.2) is 30.6 Å². The number of ether oxygens (including phenoxy) is 1. The molecule has 2 rings (SSSR count). The van der Waals surface area contributed by atoms with E-state index in [-0.39, 0.29) is 0 Å². The van der Waals surface area contributed by atoms with Gasteiger partial charge in [-0.05, 0) is 44.0 Å². The maximum Gasteiger partial charge on any atom is 0.120 e. The molecule has 1 saturated carbocycles. The number of benzene rings is 1. The van der Waals surface area contributed by atoms with Crippen molar-refractivity contribution in [2.75, 3.05) is 19.7 Å². The third-order valence-electron chi connectivity index (χ3n) is 3.47. The molecule has 1 fully saturated rings. The number of rotatable bonds is 8. The normalized spacial score (nSPS) is 14.4. The molecule has 3 heteroatoms. The maximum absolute atomic E-state index is 8.84. The van der Waals surface area contributed by atoms with Crippen LogP contribution >= 0.6 is 0 Å². The van der Waals surface area contributed by atoms with Gasteiger partial charge in [-0.15, -0.1) is 0 Å². The molecule has 1 aromatic carbocycles. The Labute approximate surface area is 115 Å². The number of nitriles is 1. The number of unbranched alkanes of at least 4 members (excludes halogenated alkanes) is 1. The zero-order valence-electron chi connectivity index (χ0n) is 11.6. The molecule has 1 aromatic rings. The zero-order valence-corrected chi connectivity index (χ0v) is 11.6. The van der Waals surface area contributed by atoms with Gasteiger partial charge in [0.2, 0.25) is 0 Å². The Kier molecular flexibility index (Phi) is 5.23. The van der Waals surface area contributed by atoms with Crippen LogP contribution in [0.1, 0.15) is 38.2 Å². The minimum Gasteiger partial charge on any atom is -0.492 e. The molecule has 0 aromatic heterocycles. The quantitative estimate of drug-likeness (QED) is 0.718. The molecule has 0 amide bonds. The Hall–Kier alpha value is -1.53. The third-order valence-corrected chi connectivity index (χ3v) is 3.47. The summed E-state index contributed by atoms with van der Waals surface area (Å²) in [5, 5.41) is 8.84. The van der Waals surface area contributed by atoms with Crippen LogP contribution in [0.2, 0.25) is 0 Å². The average Bonchev–Trinajstić information content (AvgIpc) is 3.27. The average molecular weight is 258 g/mol. The second-order valence-electron chi connectivity index (χ2n) is 5.11. The first-order valence-electron chi connectivity index (χ1n) is 7.20. The van der Waals surface area contributed by atoms with E-state index in [1.54, 1.807) is 12.1 Å². The van der Waals surface area contributed by atoms with Crippen LogP contribution in [0.15, 0.2) is 24.3 Å². The van der Waals surface area contributed by atoms with E-state index in [2.05, 4.69) is 17.9 Å². The van der Waals surface area contributed by atoms with Crippen molar-refractivity contribution in [1.82, 2.24) is 4.90 Å². The Morgan fingerprint density at radius 2 is 2.21 bits per heavy atom. The van der Waals surface area contributed by atoms with Crippen molar-refractivity contribution >= 4 is 0 Å². The molecular formula is C16H22N2O. The van der Waals surface area contributed by atoms with Crippen molar-refractivity contribution in [3.05, 3.63) is 29.8 Å². The van der Waals surface area contributed by atoms with Gasteiger partial charge in [-0.3, -0.25) is 4.90 Å². The van der Waals surface area contributed by atoms with Crippen molar-refractivity contribution in [2.45, 2.75) is 38.6 Å². The van der Waals surface area contributed by atoms with Crippen LogP contribution < -0.4 is 4.74 Å². The van der Waals surface area contributed by atoms with E-state index in [1.165, 1.54) is 32.2 Å². The molecule has 0 heterocycles. The summed E-state index contributed by atoms with van der Waals surface area (Å²) in [4.78, 5) is 2.54. The van der Waals surface area contributed by atoms with Crippen LogP contribution in [-0.2, 0) is 0 Å². The van der Waals surface area contributed by atoms with E-state index in [1.807, 2.05) is 12.1 Å². The predicted octanol–water partition coefficient (Wildman–Crippen LogP) is 3.20. The molecule has 1 aliphatic carbocycles. The lowest BCUT2D eigenvalue weighted by Crippen LogP contribution is -2.31. The highest BCUT2D eigenvalue weighted by Crippen LogP contribution is 2.26. The predicted molar refractivity (Wildman–Crippen MR) is 76.2 cm³/mol. The fourth-order valence-corrected chi connectivity index (χ4v) is 2.21. The molecule has 102 valence electrons. The topological polar surface area (TPSA) is 36.3 Å². The standard InChI is InChI=1S/C16H22N2O/c1-2-3-9-18(15-7-8-15)10-11-19-16-6-4-5-14(12-16)13-17/h4-6,12,15H,2-3,7-11H2,1H3. The van der Waals surface area contributed by atoms with Gasteiger partial charge < -0.3 is 4.74 Å². The Bertz CT molecular complexity index is 435. The lowest BCUT2D eigenvalue weighted by Gasteiger charge is -2.21. The molecule has 0 unspecified atom stereocenters. The number of hydrogen-bond acceptors (Lipinski definition) is 3. The van der Waals surface area contributed by atoms with Gasteiger partial charge in [0.15, 0.2) is 0 Å². The van der Waals surface area contributed by atoms with E-state index < -0.39 is 0 Å². The fourth-order valence-electron chi connectivity index (χ4n) is 2.21. The lowest BCUT2D eigenvalue weighted by molar-refractivity contribution is 0.199. The Morgan fingerprint density at radius 1 is 1.37 bits per heavy atom. The van der Waals surface area contributed by atoms with Crippen molar-refractivity contribution in [1.29, 1.82) is 5.26 Å². The first-order valence-corrected chi connectivity index (χ1v) is 7.20. The van der Waals surface area contributed by atoms with Gasteiger partial charge in [0.25, 0.3) is 0 Å². The van der Waals surface area contributed by atoms with E-state index in [0.717, 1.165) is 18.3 Å². The van der Waals surface area contributed by atoms with Gasteiger partial charge in [-0.25, -0.2) is 0 Å². The number of nitrogens with zero attached hydrogens (tertiary/aromatic N) is 2. The van der Waals surface area contributed by atoms with Crippen molar-refractivity contribution < 1.29 is 4.74 Å². The smallest absolute Gasteiger partial charge is 0.120 e. The minimum absolute atomic E-state index is 0.655.